The van der Waals surface area contributed by atoms with Crippen molar-refractivity contribution in [2.45, 2.75) is 38.5 Å². The maximum Gasteiger partial charge on any atom is 0.164 e. The SMILES string of the molecule is CCC1NCCC(=O)C1OCc1ccccc1. The summed E-state index contributed by atoms with van der Waals surface area (Å²) in [4.78, 5) is 11.8. The molecular formula is C14H19NO2. The molecule has 1 fully saturated rings. The van der Waals surface area contributed by atoms with Crippen LogP contribution in [0.5, 0.6) is 0 Å². The van der Waals surface area contributed by atoms with Crippen LogP contribution in [-0.4, -0.2) is 24.5 Å². The third-order valence-corrected chi connectivity index (χ3v) is 3.17. The first-order chi connectivity index (χ1) is 8.31. The second-order valence-corrected chi connectivity index (χ2v) is 4.40. The van der Waals surface area contributed by atoms with Crippen LogP contribution in [0.25, 0.3) is 0 Å². The fourth-order valence-corrected chi connectivity index (χ4v) is 2.18. The van der Waals surface area contributed by atoms with Crippen molar-refractivity contribution < 1.29 is 9.53 Å². The van der Waals surface area contributed by atoms with E-state index in [-0.39, 0.29) is 17.9 Å². The molecule has 3 nitrogen and oxygen atoms in total. The van der Waals surface area contributed by atoms with Crippen LogP contribution < -0.4 is 5.32 Å². The molecule has 1 saturated heterocycles. The van der Waals surface area contributed by atoms with Gasteiger partial charge in [-0.15, -0.1) is 0 Å². The quantitative estimate of drug-likeness (QED) is 0.863. The molecule has 2 rings (SSSR count). The Balaban J connectivity index is 1.94. The lowest BCUT2D eigenvalue weighted by Crippen LogP contribution is -2.51. The Kier molecular flexibility index (Phi) is 4.29. The number of nitrogens with one attached hydrogen (secondary N) is 1. The molecule has 0 aliphatic carbocycles. The summed E-state index contributed by atoms with van der Waals surface area (Å²) in [5.41, 5.74) is 1.11. The van der Waals surface area contributed by atoms with Gasteiger partial charge in [-0.05, 0) is 12.0 Å². The van der Waals surface area contributed by atoms with Gasteiger partial charge in [-0.3, -0.25) is 4.79 Å². The van der Waals surface area contributed by atoms with Gasteiger partial charge in [-0.2, -0.15) is 0 Å². The van der Waals surface area contributed by atoms with Gasteiger partial charge in [0.15, 0.2) is 5.78 Å². The maximum absolute atomic E-state index is 11.8. The average molecular weight is 233 g/mol. The second-order valence-electron chi connectivity index (χ2n) is 4.40. The highest BCUT2D eigenvalue weighted by Gasteiger charge is 2.30. The van der Waals surface area contributed by atoms with Gasteiger partial charge >= 0.3 is 0 Å². The minimum atomic E-state index is -0.283. The number of hydrogen-bond acceptors (Lipinski definition) is 3. The standard InChI is InChI=1S/C14H19NO2/c1-2-12-14(13(16)8-9-15-12)17-10-11-6-4-3-5-7-11/h3-7,12,14-15H,2,8-10H2,1H3. The topological polar surface area (TPSA) is 38.3 Å². The Labute approximate surface area is 102 Å². The minimum absolute atomic E-state index is 0.167. The molecule has 92 valence electrons. The molecule has 0 saturated carbocycles. The molecule has 1 aliphatic heterocycles. The van der Waals surface area contributed by atoms with E-state index in [1.165, 1.54) is 0 Å². The number of piperidine rings is 1. The van der Waals surface area contributed by atoms with Gasteiger partial charge in [-0.25, -0.2) is 0 Å². The summed E-state index contributed by atoms with van der Waals surface area (Å²) in [6, 6.07) is 10.1. The molecule has 1 heterocycles. The van der Waals surface area contributed by atoms with Gasteiger partial charge < -0.3 is 10.1 Å². The predicted molar refractivity (Wildman–Crippen MR) is 66.7 cm³/mol. The monoisotopic (exact) mass is 233 g/mol. The normalized spacial score (nSPS) is 24.9. The summed E-state index contributed by atoms with van der Waals surface area (Å²) >= 11 is 0. The van der Waals surface area contributed by atoms with Crippen LogP contribution in [0.3, 0.4) is 0 Å². The number of Topliss-reactive ketones (excluding diaryl/α,β-unsaturated/α-hetero) is 1. The highest BCUT2D eigenvalue weighted by molar-refractivity contribution is 5.84. The van der Waals surface area contributed by atoms with Crippen LogP contribution in [-0.2, 0) is 16.1 Å². The van der Waals surface area contributed by atoms with E-state index < -0.39 is 0 Å². The lowest BCUT2D eigenvalue weighted by molar-refractivity contribution is -0.136. The summed E-state index contributed by atoms with van der Waals surface area (Å²) in [5, 5.41) is 3.34. The number of carbonyl (C=O) groups is 1. The van der Waals surface area contributed by atoms with Gasteiger partial charge in [0.05, 0.1) is 6.61 Å². The minimum Gasteiger partial charge on any atom is -0.364 e. The van der Waals surface area contributed by atoms with Gasteiger partial charge in [0.25, 0.3) is 0 Å². The van der Waals surface area contributed by atoms with E-state index >= 15 is 0 Å². The highest BCUT2D eigenvalue weighted by atomic mass is 16.5. The van der Waals surface area contributed by atoms with Crippen molar-refractivity contribution in [2.75, 3.05) is 6.54 Å². The maximum atomic E-state index is 11.8. The molecule has 1 aliphatic rings. The van der Waals surface area contributed by atoms with E-state index in [4.69, 9.17) is 4.74 Å². The Bertz CT molecular complexity index is 364. The summed E-state index contributed by atoms with van der Waals surface area (Å²) < 4.78 is 5.77. The van der Waals surface area contributed by atoms with Crippen molar-refractivity contribution in [3.63, 3.8) is 0 Å². The molecule has 0 amide bonds. The molecule has 0 radical (unpaired) electrons. The summed E-state index contributed by atoms with van der Waals surface area (Å²) in [6.07, 6.45) is 1.22. The van der Waals surface area contributed by atoms with Crippen LogP contribution in [0, 0.1) is 0 Å². The number of benzene rings is 1. The Morgan fingerprint density at radius 3 is 2.82 bits per heavy atom. The van der Waals surface area contributed by atoms with Crippen LogP contribution >= 0.6 is 0 Å². The van der Waals surface area contributed by atoms with Crippen molar-refractivity contribution in [2.24, 2.45) is 0 Å². The number of rotatable bonds is 4. The van der Waals surface area contributed by atoms with E-state index in [1.807, 2.05) is 30.3 Å². The molecule has 3 heteroatoms. The molecule has 2 atom stereocenters. The Hall–Kier alpha value is -1.19. The van der Waals surface area contributed by atoms with Gasteiger partial charge in [-0.1, -0.05) is 37.3 Å². The fraction of sp³-hybridized carbons (Fsp3) is 0.500. The molecular weight excluding hydrogens is 214 g/mol. The summed E-state index contributed by atoms with van der Waals surface area (Å²) in [7, 11) is 0. The summed E-state index contributed by atoms with van der Waals surface area (Å²) in [6.45, 7) is 3.37. The van der Waals surface area contributed by atoms with Crippen LogP contribution in [0.4, 0.5) is 0 Å². The third-order valence-electron chi connectivity index (χ3n) is 3.17. The lowest BCUT2D eigenvalue weighted by atomic mass is 9.98. The molecule has 2 unspecified atom stereocenters. The van der Waals surface area contributed by atoms with E-state index in [2.05, 4.69) is 12.2 Å². The predicted octanol–water partition coefficient (Wildman–Crippen LogP) is 1.91. The molecule has 0 spiro atoms. The summed E-state index contributed by atoms with van der Waals surface area (Å²) in [5.74, 6) is 0.228. The van der Waals surface area contributed by atoms with Crippen molar-refractivity contribution in [3.05, 3.63) is 35.9 Å². The second kappa shape index (κ2) is 5.94. The van der Waals surface area contributed by atoms with Crippen LogP contribution in [0.1, 0.15) is 25.3 Å². The Morgan fingerprint density at radius 1 is 1.35 bits per heavy atom. The molecule has 0 aromatic heterocycles. The van der Waals surface area contributed by atoms with Gasteiger partial charge in [0, 0.05) is 19.0 Å². The van der Waals surface area contributed by atoms with E-state index in [0.29, 0.717) is 13.0 Å². The largest absolute Gasteiger partial charge is 0.364 e. The molecule has 1 N–H and O–H groups in total. The van der Waals surface area contributed by atoms with E-state index in [1.54, 1.807) is 0 Å². The zero-order valence-corrected chi connectivity index (χ0v) is 10.2. The van der Waals surface area contributed by atoms with Crippen LogP contribution in [0.2, 0.25) is 0 Å². The Morgan fingerprint density at radius 2 is 2.12 bits per heavy atom. The lowest BCUT2D eigenvalue weighted by Gasteiger charge is -2.30. The zero-order valence-electron chi connectivity index (χ0n) is 10.2. The van der Waals surface area contributed by atoms with E-state index in [9.17, 15) is 4.79 Å². The van der Waals surface area contributed by atoms with Crippen molar-refractivity contribution in [1.82, 2.24) is 5.32 Å². The molecule has 17 heavy (non-hydrogen) atoms. The van der Waals surface area contributed by atoms with Gasteiger partial charge in [0.2, 0.25) is 0 Å². The number of ketones is 1. The van der Waals surface area contributed by atoms with E-state index in [0.717, 1.165) is 18.5 Å². The van der Waals surface area contributed by atoms with Gasteiger partial charge in [0.1, 0.15) is 6.10 Å². The number of ether oxygens (including phenoxy) is 1. The molecule has 1 aromatic carbocycles. The van der Waals surface area contributed by atoms with Crippen LogP contribution in [0.15, 0.2) is 30.3 Å². The first-order valence-electron chi connectivity index (χ1n) is 6.23. The number of hydrogen-bond donors (Lipinski definition) is 1. The number of carbonyl (C=O) groups excluding carboxylic acids is 1. The molecule has 0 bridgehead atoms. The fourth-order valence-electron chi connectivity index (χ4n) is 2.18. The van der Waals surface area contributed by atoms with Crippen molar-refractivity contribution >= 4 is 5.78 Å². The highest BCUT2D eigenvalue weighted by Crippen LogP contribution is 2.14. The van der Waals surface area contributed by atoms with Crippen molar-refractivity contribution in [3.8, 4) is 0 Å². The first kappa shape index (κ1) is 12.3. The average Bonchev–Trinajstić information content (AvgIpc) is 2.38. The first-order valence-corrected chi connectivity index (χ1v) is 6.23. The molecule has 1 aromatic rings. The van der Waals surface area contributed by atoms with Crippen molar-refractivity contribution in [1.29, 1.82) is 0 Å². The smallest absolute Gasteiger partial charge is 0.164 e. The third kappa shape index (κ3) is 3.14. The zero-order chi connectivity index (χ0) is 12.1.